The number of aromatic nitrogens is 1. The Labute approximate surface area is 166 Å². The average Bonchev–Trinajstić information content (AvgIpc) is 3.01. The standard InChI is InChI=1S/C16H24F3N3O4S2/c1-3-8-28(25,26)22-6-4-12(5-7-22)21-13(23)9-15(24,16(17,18)19)14-20-11(2)10-27-14/h10,12,24H,3-9H2,1-2H3,(H,21,23). The van der Waals surface area contributed by atoms with Crippen LogP contribution in [0.5, 0.6) is 0 Å². The summed E-state index contributed by atoms with van der Waals surface area (Å²) in [6, 6.07) is -0.448. The second-order valence-corrected chi connectivity index (χ2v) is 9.83. The highest BCUT2D eigenvalue weighted by molar-refractivity contribution is 7.89. The fourth-order valence-corrected chi connectivity index (χ4v) is 5.47. The number of thiazole rings is 1. The maximum absolute atomic E-state index is 13.5. The van der Waals surface area contributed by atoms with Gasteiger partial charge in [-0.1, -0.05) is 6.92 Å². The molecule has 1 aromatic rings. The molecule has 1 unspecified atom stereocenters. The van der Waals surface area contributed by atoms with E-state index in [1.165, 1.54) is 16.6 Å². The second-order valence-electron chi connectivity index (χ2n) is 6.89. The summed E-state index contributed by atoms with van der Waals surface area (Å²) < 4.78 is 65.8. The molecule has 1 saturated heterocycles. The van der Waals surface area contributed by atoms with Gasteiger partial charge in [0.05, 0.1) is 12.2 Å². The van der Waals surface area contributed by atoms with Gasteiger partial charge in [0.2, 0.25) is 21.5 Å². The summed E-state index contributed by atoms with van der Waals surface area (Å²) in [6.07, 6.45) is -5.17. The minimum Gasteiger partial charge on any atom is -0.374 e. The SMILES string of the molecule is CCCS(=O)(=O)N1CCC(NC(=O)CC(O)(c2nc(C)cs2)C(F)(F)F)CC1. The van der Waals surface area contributed by atoms with Gasteiger partial charge >= 0.3 is 6.18 Å². The zero-order valence-electron chi connectivity index (χ0n) is 15.6. The highest BCUT2D eigenvalue weighted by atomic mass is 32.2. The van der Waals surface area contributed by atoms with Gasteiger partial charge in [0, 0.05) is 30.2 Å². The first kappa shape index (κ1) is 23.0. The molecular formula is C16H24F3N3O4S2. The number of carbonyl (C=O) groups excluding carboxylic acids is 1. The number of carbonyl (C=O) groups is 1. The van der Waals surface area contributed by atoms with E-state index in [0.29, 0.717) is 36.3 Å². The first-order valence-electron chi connectivity index (χ1n) is 8.88. The summed E-state index contributed by atoms with van der Waals surface area (Å²) in [5, 5.41) is 13.5. The van der Waals surface area contributed by atoms with Crippen molar-refractivity contribution in [1.29, 1.82) is 0 Å². The molecule has 2 N–H and O–H groups in total. The molecule has 160 valence electrons. The van der Waals surface area contributed by atoms with E-state index < -0.39 is 45.2 Å². The number of aryl methyl sites for hydroxylation is 1. The molecule has 7 nitrogen and oxygen atoms in total. The minimum absolute atomic E-state index is 0.0376. The van der Waals surface area contributed by atoms with Crippen LogP contribution in [0.2, 0.25) is 0 Å². The van der Waals surface area contributed by atoms with Gasteiger partial charge in [-0.15, -0.1) is 11.3 Å². The molecule has 0 aliphatic carbocycles. The summed E-state index contributed by atoms with van der Waals surface area (Å²) in [6.45, 7) is 3.65. The molecule has 1 aliphatic heterocycles. The summed E-state index contributed by atoms with van der Waals surface area (Å²) in [4.78, 5) is 15.9. The third kappa shape index (κ3) is 5.22. The predicted molar refractivity (Wildman–Crippen MR) is 98.2 cm³/mol. The normalized spacial score (nSPS) is 19.4. The molecule has 1 aromatic heterocycles. The molecule has 12 heteroatoms. The van der Waals surface area contributed by atoms with Crippen LogP contribution in [-0.2, 0) is 20.4 Å². The molecule has 1 amide bonds. The fourth-order valence-electron chi connectivity index (χ4n) is 3.02. The van der Waals surface area contributed by atoms with Crippen molar-refractivity contribution in [1.82, 2.24) is 14.6 Å². The number of aliphatic hydroxyl groups is 1. The molecule has 28 heavy (non-hydrogen) atoms. The van der Waals surface area contributed by atoms with E-state index >= 15 is 0 Å². The van der Waals surface area contributed by atoms with Crippen LogP contribution in [-0.4, -0.2) is 59.8 Å². The Kier molecular flexibility index (Phi) is 7.11. The lowest BCUT2D eigenvalue weighted by Crippen LogP contribution is -2.50. The number of nitrogens with one attached hydrogen (secondary N) is 1. The number of amides is 1. The zero-order chi connectivity index (χ0) is 21.2. The molecule has 2 heterocycles. The number of piperidine rings is 1. The molecule has 2 rings (SSSR count). The van der Waals surface area contributed by atoms with Gasteiger partial charge in [0.25, 0.3) is 0 Å². The van der Waals surface area contributed by atoms with Gasteiger partial charge < -0.3 is 10.4 Å². The van der Waals surface area contributed by atoms with E-state index in [0.717, 1.165) is 0 Å². The third-order valence-corrected chi connectivity index (χ3v) is 7.72. The quantitative estimate of drug-likeness (QED) is 0.671. The lowest BCUT2D eigenvalue weighted by Gasteiger charge is -2.33. The molecule has 0 spiro atoms. The topological polar surface area (TPSA) is 99.6 Å². The van der Waals surface area contributed by atoms with Gasteiger partial charge in [0.15, 0.2) is 0 Å². The fraction of sp³-hybridized carbons (Fsp3) is 0.750. The van der Waals surface area contributed by atoms with E-state index in [9.17, 15) is 31.5 Å². The van der Waals surface area contributed by atoms with Gasteiger partial charge in [-0.05, 0) is 26.2 Å². The van der Waals surface area contributed by atoms with E-state index in [1.54, 1.807) is 6.92 Å². The molecule has 0 aromatic carbocycles. The van der Waals surface area contributed by atoms with E-state index in [1.807, 2.05) is 0 Å². The number of hydrogen-bond donors (Lipinski definition) is 2. The van der Waals surface area contributed by atoms with Gasteiger partial charge in [-0.25, -0.2) is 17.7 Å². The van der Waals surface area contributed by atoms with Crippen molar-refractivity contribution >= 4 is 27.3 Å². The average molecular weight is 444 g/mol. The van der Waals surface area contributed by atoms with Gasteiger partial charge in [0.1, 0.15) is 5.01 Å². The molecular weight excluding hydrogens is 419 g/mol. The smallest absolute Gasteiger partial charge is 0.374 e. The first-order chi connectivity index (χ1) is 12.9. The van der Waals surface area contributed by atoms with Crippen LogP contribution in [0.3, 0.4) is 0 Å². The van der Waals surface area contributed by atoms with Crippen LogP contribution in [0, 0.1) is 6.92 Å². The summed E-state index contributed by atoms with van der Waals surface area (Å²) in [5.74, 6) is -0.918. The second kappa shape index (κ2) is 8.64. The molecule has 1 aliphatic rings. The number of nitrogens with zero attached hydrogens (tertiary/aromatic N) is 2. The maximum atomic E-state index is 13.5. The van der Waals surface area contributed by atoms with Crippen LogP contribution in [0.1, 0.15) is 43.3 Å². The number of rotatable bonds is 7. The number of sulfonamides is 1. The Morgan fingerprint density at radius 1 is 1.39 bits per heavy atom. The zero-order valence-corrected chi connectivity index (χ0v) is 17.3. The molecule has 0 radical (unpaired) electrons. The van der Waals surface area contributed by atoms with Crippen molar-refractivity contribution in [2.75, 3.05) is 18.8 Å². The van der Waals surface area contributed by atoms with Crippen LogP contribution in [0.15, 0.2) is 5.38 Å². The third-order valence-electron chi connectivity index (χ3n) is 4.53. The van der Waals surface area contributed by atoms with Crippen molar-refractivity contribution in [3.8, 4) is 0 Å². The molecule has 1 atom stereocenters. The molecule has 1 fully saturated rings. The van der Waals surface area contributed by atoms with Crippen molar-refractivity contribution < 1.29 is 31.5 Å². The summed E-state index contributed by atoms with van der Waals surface area (Å²) in [5.41, 5.74) is -3.04. The van der Waals surface area contributed by atoms with E-state index in [4.69, 9.17) is 0 Å². The molecule has 0 bridgehead atoms. The Morgan fingerprint density at radius 3 is 2.46 bits per heavy atom. The number of alkyl halides is 3. The Balaban J connectivity index is 1.99. The minimum atomic E-state index is -5.06. The lowest BCUT2D eigenvalue weighted by molar-refractivity contribution is -0.267. The number of halogens is 3. The van der Waals surface area contributed by atoms with Gasteiger partial charge in [-0.3, -0.25) is 4.79 Å². The largest absolute Gasteiger partial charge is 0.424 e. The van der Waals surface area contributed by atoms with Crippen LogP contribution < -0.4 is 5.32 Å². The van der Waals surface area contributed by atoms with E-state index in [-0.39, 0.29) is 18.8 Å². The maximum Gasteiger partial charge on any atom is 0.424 e. The van der Waals surface area contributed by atoms with Crippen molar-refractivity contribution in [3.63, 3.8) is 0 Å². The summed E-state index contributed by atoms with van der Waals surface area (Å²) in [7, 11) is -3.34. The van der Waals surface area contributed by atoms with Crippen molar-refractivity contribution in [2.24, 2.45) is 0 Å². The van der Waals surface area contributed by atoms with Crippen molar-refractivity contribution in [2.45, 2.75) is 57.3 Å². The molecule has 0 saturated carbocycles. The highest BCUT2D eigenvalue weighted by Gasteiger charge is 2.58. The van der Waals surface area contributed by atoms with Gasteiger partial charge in [-0.2, -0.15) is 13.2 Å². The lowest BCUT2D eigenvalue weighted by atomic mass is 9.98. The van der Waals surface area contributed by atoms with Crippen LogP contribution >= 0.6 is 11.3 Å². The number of hydrogen-bond acceptors (Lipinski definition) is 6. The Bertz CT molecular complexity index is 789. The Morgan fingerprint density at radius 2 is 2.00 bits per heavy atom. The van der Waals surface area contributed by atoms with Crippen LogP contribution in [0.25, 0.3) is 0 Å². The van der Waals surface area contributed by atoms with Crippen LogP contribution in [0.4, 0.5) is 13.2 Å². The summed E-state index contributed by atoms with van der Waals surface area (Å²) >= 11 is 0.645. The monoisotopic (exact) mass is 443 g/mol. The Hall–Kier alpha value is -1.24. The van der Waals surface area contributed by atoms with E-state index in [2.05, 4.69) is 10.3 Å². The highest BCUT2D eigenvalue weighted by Crippen LogP contribution is 2.42. The first-order valence-corrected chi connectivity index (χ1v) is 11.4. The van der Waals surface area contributed by atoms with Crippen molar-refractivity contribution in [3.05, 3.63) is 16.1 Å². The predicted octanol–water partition coefficient (Wildman–Crippen LogP) is 1.91.